The van der Waals surface area contributed by atoms with Gasteiger partial charge >= 0.3 is 0 Å². The second-order valence-corrected chi connectivity index (χ2v) is 3.51. The molecule has 0 saturated carbocycles. The number of H-pyrrole nitrogens is 1. The van der Waals surface area contributed by atoms with Crippen molar-refractivity contribution >= 4 is 28.7 Å². The maximum atomic E-state index is 5.65. The molecular weight excluding hydrogens is 248 g/mol. The number of hydrogen-bond donors (Lipinski definition) is 2. The minimum atomic E-state index is 0.0939. The molecule has 3 rings (SSSR count). The van der Waals surface area contributed by atoms with Gasteiger partial charge in [-0.1, -0.05) is 11.6 Å². The monoisotopic (exact) mass is 258 g/mol. The summed E-state index contributed by atoms with van der Waals surface area (Å²) in [6, 6.07) is 0. The van der Waals surface area contributed by atoms with Crippen molar-refractivity contribution in [3.8, 4) is 0 Å². The van der Waals surface area contributed by atoms with E-state index in [0.717, 1.165) is 19.6 Å². The molecule has 0 aromatic carbocycles. The van der Waals surface area contributed by atoms with Crippen LogP contribution >= 0.6 is 11.6 Å². The van der Waals surface area contributed by atoms with Crippen LogP contribution in [0.15, 0.2) is 0 Å². The van der Waals surface area contributed by atoms with Gasteiger partial charge in [0, 0.05) is 0 Å². The number of halogens is 1. The lowest BCUT2D eigenvalue weighted by atomic mass is 10.5. The van der Waals surface area contributed by atoms with Crippen molar-refractivity contribution < 1.29 is 9.47 Å². The van der Waals surface area contributed by atoms with E-state index in [0.29, 0.717) is 18.0 Å². The average Bonchev–Trinajstić information content (AvgIpc) is 2.80. The summed E-state index contributed by atoms with van der Waals surface area (Å²) in [6.07, 6.45) is 1.06. The highest BCUT2D eigenvalue weighted by Crippen LogP contribution is 2.15. The summed E-state index contributed by atoms with van der Waals surface area (Å²) in [4.78, 5) is 7.46. The molecule has 8 nitrogen and oxygen atoms in total. The van der Waals surface area contributed by atoms with E-state index in [9.17, 15) is 0 Å². The lowest BCUT2D eigenvalue weighted by Gasteiger charge is -2.09. The Morgan fingerprint density at radius 3 is 2.53 bits per heavy atom. The van der Waals surface area contributed by atoms with Gasteiger partial charge in [0.2, 0.25) is 11.6 Å². The van der Waals surface area contributed by atoms with Gasteiger partial charge in [0.1, 0.15) is 6.79 Å². The van der Waals surface area contributed by atoms with Crippen LogP contribution in [0.5, 0.6) is 0 Å². The predicted octanol–water partition coefficient (Wildman–Crippen LogP) is 0.364. The van der Waals surface area contributed by atoms with E-state index in [4.69, 9.17) is 26.8 Å². The summed E-state index contributed by atoms with van der Waals surface area (Å²) in [5.74, 6) is 0.0939. The maximum Gasteiger partial charge on any atom is 0.223 e. The molecule has 0 radical (unpaired) electrons. The lowest BCUT2D eigenvalue weighted by molar-refractivity contribution is -0.0963. The van der Waals surface area contributed by atoms with Gasteiger partial charge in [-0.05, 0) is 6.42 Å². The molecule has 0 bridgehead atoms. The van der Waals surface area contributed by atoms with E-state index in [2.05, 4.69) is 25.4 Å². The Balaban J connectivity index is 0.000000153. The zero-order valence-electron chi connectivity index (χ0n) is 8.89. The van der Waals surface area contributed by atoms with Crippen LogP contribution in [-0.4, -0.2) is 45.4 Å². The zero-order chi connectivity index (χ0) is 12.1. The fourth-order valence-corrected chi connectivity index (χ4v) is 1.38. The van der Waals surface area contributed by atoms with Crippen molar-refractivity contribution in [2.45, 2.75) is 6.42 Å². The molecule has 1 aliphatic rings. The Hall–Kier alpha value is -1.51. The second-order valence-electron chi connectivity index (χ2n) is 3.16. The molecule has 0 amide bonds. The van der Waals surface area contributed by atoms with E-state index in [1.807, 2.05) is 0 Å². The second kappa shape index (κ2) is 5.71. The molecule has 92 valence electrons. The van der Waals surface area contributed by atoms with Crippen molar-refractivity contribution in [2.75, 3.05) is 25.7 Å². The van der Waals surface area contributed by atoms with Gasteiger partial charge in [0.25, 0.3) is 0 Å². The number of aromatic amines is 1. The number of ether oxygens (including phenoxy) is 2. The molecule has 3 heterocycles. The number of aromatic nitrogens is 5. The fourth-order valence-electron chi connectivity index (χ4n) is 1.17. The number of nitrogens with one attached hydrogen (secondary N) is 1. The summed E-state index contributed by atoms with van der Waals surface area (Å²) in [7, 11) is 0. The smallest absolute Gasteiger partial charge is 0.223 e. The number of nitrogens with two attached hydrogens (primary N) is 1. The molecule has 0 atom stereocenters. The number of hydrogen-bond acceptors (Lipinski definition) is 7. The van der Waals surface area contributed by atoms with E-state index < -0.39 is 0 Å². The van der Waals surface area contributed by atoms with Crippen LogP contribution in [0, 0.1) is 0 Å². The van der Waals surface area contributed by atoms with Gasteiger partial charge < -0.3 is 15.2 Å². The van der Waals surface area contributed by atoms with Crippen LogP contribution in [-0.2, 0) is 9.47 Å². The van der Waals surface area contributed by atoms with Gasteiger partial charge in [0.15, 0.2) is 10.7 Å². The average molecular weight is 259 g/mol. The highest BCUT2D eigenvalue weighted by Gasteiger charge is 2.06. The molecule has 3 N–H and O–H groups in total. The summed E-state index contributed by atoms with van der Waals surface area (Å²) >= 11 is 5.65. The minimum Gasteiger partial charge on any atom is -0.368 e. The zero-order valence-corrected chi connectivity index (χ0v) is 9.65. The topological polar surface area (TPSA) is 112 Å². The first-order valence-corrected chi connectivity index (χ1v) is 5.30. The first kappa shape index (κ1) is 12.0. The highest BCUT2D eigenvalue weighted by molar-refractivity contribution is 6.33. The molecule has 9 heteroatoms. The summed E-state index contributed by atoms with van der Waals surface area (Å²) in [5, 5.41) is 9.97. The largest absolute Gasteiger partial charge is 0.368 e. The quantitative estimate of drug-likeness (QED) is 0.656. The predicted molar refractivity (Wildman–Crippen MR) is 60.3 cm³/mol. The minimum absolute atomic E-state index is 0.0939. The van der Waals surface area contributed by atoms with Crippen LogP contribution in [0.4, 0.5) is 5.95 Å². The number of nitrogens with zero attached hydrogens (tertiary/aromatic N) is 4. The van der Waals surface area contributed by atoms with Crippen molar-refractivity contribution in [1.29, 1.82) is 0 Å². The van der Waals surface area contributed by atoms with Crippen molar-refractivity contribution in [1.82, 2.24) is 25.4 Å². The molecule has 2 aromatic heterocycles. The van der Waals surface area contributed by atoms with Crippen LogP contribution in [0.25, 0.3) is 11.2 Å². The van der Waals surface area contributed by atoms with Crippen molar-refractivity contribution in [3.05, 3.63) is 5.15 Å². The van der Waals surface area contributed by atoms with Gasteiger partial charge in [-0.15, -0.1) is 5.10 Å². The highest BCUT2D eigenvalue weighted by atomic mass is 35.5. The molecule has 0 spiro atoms. The Morgan fingerprint density at radius 1 is 1.18 bits per heavy atom. The lowest BCUT2D eigenvalue weighted by Crippen LogP contribution is -2.11. The van der Waals surface area contributed by atoms with Gasteiger partial charge in [-0.2, -0.15) is 20.3 Å². The van der Waals surface area contributed by atoms with E-state index in [-0.39, 0.29) is 11.1 Å². The van der Waals surface area contributed by atoms with E-state index >= 15 is 0 Å². The first-order chi connectivity index (χ1) is 8.27. The van der Waals surface area contributed by atoms with Crippen molar-refractivity contribution in [2.24, 2.45) is 0 Å². The Morgan fingerprint density at radius 2 is 1.94 bits per heavy atom. The van der Waals surface area contributed by atoms with Gasteiger partial charge in [0.05, 0.1) is 13.2 Å². The summed E-state index contributed by atoms with van der Waals surface area (Å²) in [5.41, 5.74) is 6.10. The molecule has 1 fully saturated rings. The Bertz CT molecular complexity index is 474. The number of anilines is 1. The Kier molecular flexibility index (Phi) is 4.02. The molecule has 1 aliphatic heterocycles. The third-order valence-electron chi connectivity index (χ3n) is 1.90. The number of nitrogen functional groups attached to an aromatic ring is 1. The number of rotatable bonds is 0. The van der Waals surface area contributed by atoms with E-state index in [1.165, 1.54) is 0 Å². The van der Waals surface area contributed by atoms with Crippen LogP contribution in [0.2, 0.25) is 5.15 Å². The maximum absolute atomic E-state index is 5.65. The summed E-state index contributed by atoms with van der Waals surface area (Å²) in [6.45, 7) is 2.25. The fraction of sp³-hybridized carbons (Fsp3) is 0.500. The first-order valence-electron chi connectivity index (χ1n) is 4.92. The normalized spacial score (nSPS) is 15.4. The van der Waals surface area contributed by atoms with Crippen LogP contribution in [0.1, 0.15) is 6.42 Å². The van der Waals surface area contributed by atoms with E-state index in [1.54, 1.807) is 0 Å². The molecule has 0 aliphatic carbocycles. The third-order valence-corrected chi connectivity index (χ3v) is 2.17. The van der Waals surface area contributed by atoms with Crippen LogP contribution < -0.4 is 5.73 Å². The Labute approximate surface area is 101 Å². The molecule has 0 unspecified atom stereocenters. The number of fused-ring (bicyclic) bond motifs is 1. The summed E-state index contributed by atoms with van der Waals surface area (Å²) < 4.78 is 9.69. The van der Waals surface area contributed by atoms with Gasteiger partial charge in [-0.3, -0.25) is 0 Å². The van der Waals surface area contributed by atoms with Crippen LogP contribution in [0.3, 0.4) is 0 Å². The molecule has 1 saturated heterocycles. The standard InChI is InChI=1S/C4H3ClN6.C4H8O2/c5-2-1-3(10-11-9-1)8-4(6)7-2;1-2-5-4-6-3-1/h(H3,6,7,8,9,10,11);1-4H2. The molecule has 17 heavy (non-hydrogen) atoms. The van der Waals surface area contributed by atoms with Gasteiger partial charge in [-0.25, -0.2) is 0 Å². The van der Waals surface area contributed by atoms with Crippen molar-refractivity contribution in [3.63, 3.8) is 0 Å². The molecular formula is C8H11ClN6O2. The SMILES string of the molecule is C1COCOC1.Nc1nc(Cl)c2n[nH]nc2n1. The molecule has 2 aromatic rings. The third kappa shape index (κ3) is 3.22.